The lowest BCUT2D eigenvalue weighted by atomic mass is 10.2. The first-order chi connectivity index (χ1) is 9.10. The standard InChI is InChI=1S/C13H7BrFN3O/c14-11-3-2-9(15)5-10(11)13(19)18-12-4-1-8(6-16)7-17-12/h1-5,7H,(H,17,18,19). The van der Waals surface area contributed by atoms with Gasteiger partial charge < -0.3 is 5.32 Å². The summed E-state index contributed by atoms with van der Waals surface area (Å²) in [5.74, 6) is -0.690. The van der Waals surface area contributed by atoms with Crippen LogP contribution in [-0.4, -0.2) is 10.9 Å². The monoisotopic (exact) mass is 319 g/mol. The number of halogens is 2. The van der Waals surface area contributed by atoms with Crippen molar-refractivity contribution in [1.29, 1.82) is 5.26 Å². The van der Waals surface area contributed by atoms with Gasteiger partial charge in [0.2, 0.25) is 0 Å². The molecule has 0 aliphatic heterocycles. The highest BCUT2D eigenvalue weighted by Crippen LogP contribution is 2.19. The predicted octanol–water partition coefficient (Wildman–Crippen LogP) is 3.11. The van der Waals surface area contributed by atoms with Crippen LogP contribution >= 0.6 is 15.9 Å². The van der Waals surface area contributed by atoms with E-state index in [1.165, 1.54) is 30.5 Å². The number of nitrogens with zero attached hydrogens (tertiary/aromatic N) is 2. The summed E-state index contributed by atoms with van der Waals surface area (Å²) in [6.45, 7) is 0. The molecule has 1 amide bonds. The molecule has 94 valence electrons. The summed E-state index contributed by atoms with van der Waals surface area (Å²) in [5.41, 5.74) is 0.566. The van der Waals surface area contributed by atoms with Gasteiger partial charge in [-0.1, -0.05) is 0 Å². The Morgan fingerprint density at radius 2 is 2.16 bits per heavy atom. The van der Waals surface area contributed by atoms with E-state index < -0.39 is 11.7 Å². The highest BCUT2D eigenvalue weighted by molar-refractivity contribution is 9.10. The third-order valence-corrected chi connectivity index (χ3v) is 3.00. The normalized spacial score (nSPS) is 9.74. The molecule has 4 nitrogen and oxygen atoms in total. The van der Waals surface area contributed by atoms with Gasteiger partial charge >= 0.3 is 0 Å². The Morgan fingerprint density at radius 1 is 1.37 bits per heavy atom. The first kappa shape index (κ1) is 13.2. The second-order valence-electron chi connectivity index (χ2n) is 3.62. The number of carbonyl (C=O) groups excluding carboxylic acids is 1. The molecule has 1 heterocycles. The summed E-state index contributed by atoms with van der Waals surface area (Å²) in [6.07, 6.45) is 1.34. The minimum atomic E-state index is -0.499. The molecule has 2 rings (SSSR count). The highest BCUT2D eigenvalue weighted by Gasteiger charge is 2.11. The van der Waals surface area contributed by atoms with Crippen LogP contribution in [0.5, 0.6) is 0 Å². The summed E-state index contributed by atoms with van der Waals surface area (Å²) < 4.78 is 13.6. The van der Waals surface area contributed by atoms with Crippen molar-refractivity contribution in [3.8, 4) is 6.07 Å². The summed E-state index contributed by atoms with van der Waals surface area (Å²) in [6, 6.07) is 8.79. The van der Waals surface area contributed by atoms with Gasteiger partial charge in [0.15, 0.2) is 0 Å². The second-order valence-corrected chi connectivity index (χ2v) is 4.48. The Kier molecular flexibility index (Phi) is 3.88. The molecule has 0 radical (unpaired) electrons. The van der Waals surface area contributed by atoms with Crippen LogP contribution in [0.15, 0.2) is 41.0 Å². The van der Waals surface area contributed by atoms with E-state index in [-0.39, 0.29) is 5.56 Å². The fourth-order valence-corrected chi connectivity index (χ4v) is 1.82. The maximum Gasteiger partial charge on any atom is 0.258 e. The number of rotatable bonds is 2. The summed E-state index contributed by atoms with van der Waals surface area (Å²) >= 11 is 3.18. The first-order valence-electron chi connectivity index (χ1n) is 5.22. The van der Waals surface area contributed by atoms with Crippen molar-refractivity contribution < 1.29 is 9.18 Å². The van der Waals surface area contributed by atoms with E-state index in [9.17, 15) is 9.18 Å². The Hall–Kier alpha value is -2.26. The Labute approximate surface area is 117 Å². The molecular weight excluding hydrogens is 313 g/mol. The van der Waals surface area contributed by atoms with E-state index in [0.29, 0.717) is 15.9 Å². The molecule has 1 aromatic carbocycles. The van der Waals surface area contributed by atoms with Crippen LogP contribution in [0, 0.1) is 17.1 Å². The molecular formula is C13H7BrFN3O. The average molecular weight is 320 g/mol. The van der Waals surface area contributed by atoms with E-state index in [1.54, 1.807) is 0 Å². The number of aromatic nitrogens is 1. The third-order valence-electron chi connectivity index (χ3n) is 2.31. The summed E-state index contributed by atoms with van der Waals surface area (Å²) in [5, 5.41) is 11.2. The topological polar surface area (TPSA) is 65.8 Å². The lowest BCUT2D eigenvalue weighted by Gasteiger charge is -2.06. The molecule has 0 spiro atoms. The Balaban J connectivity index is 2.21. The molecule has 0 aliphatic rings. The minimum absolute atomic E-state index is 0.172. The van der Waals surface area contributed by atoms with Crippen LogP contribution in [0.2, 0.25) is 0 Å². The van der Waals surface area contributed by atoms with Crippen molar-refractivity contribution in [2.75, 3.05) is 5.32 Å². The van der Waals surface area contributed by atoms with Crippen molar-refractivity contribution >= 4 is 27.7 Å². The number of benzene rings is 1. The van der Waals surface area contributed by atoms with Crippen LogP contribution in [-0.2, 0) is 0 Å². The van der Waals surface area contributed by atoms with Crippen molar-refractivity contribution in [2.45, 2.75) is 0 Å². The summed E-state index contributed by atoms with van der Waals surface area (Å²) in [4.78, 5) is 15.8. The van der Waals surface area contributed by atoms with Gasteiger partial charge in [0.1, 0.15) is 17.7 Å². The molecule has 19 heavy (non-hydrogen) atoms. The Morgan fingerprint density at radius 3 is 2.79 bits per heavy atom. The van der Waals surface area contributed by atoms with E-state index in [4.69, 9.17) is 5.26 Å². The molecule has 0 fully saturated rings. The minimum Gasteiger partial charge on any atom is -0.307 e. The van der Waals surface area contributed by atoms with Gasteiger partial charge in [0.05, 0.1) is 11.1 Å². The van der Waals surface area contributed by atoms with Crippen LogP contribution in [0.1, 0.15) is 15.9 Å². The average Bonchev–Trinajstić information content (AvgIpc) is 2.42. The molecule has 0 aliphatic carbocycles. The zero-order chi connectivity index (χ0) is 13.8. The maximum absolute atomic E-state index is 13.1. The smallest absolute Gasteiger partial charge is 0.258 e. The van der Waals surface area contributed by atoms with Gasteiger partial charge in [-0.3, -0.25) is 4.79 Å². The van der Waals surface area contributed by atoms with Crippen molar-refractivity contribution in [3.05, 3.63) is 57.9 Å². The number of hydrogen-bond donors (Lipinski definition) is 1. The quantitative estimate of drug-likeness (QED) is 0.924. The Bertz CT molecular complexity index is 665. The molecule has 0 saturated heterocycles. The third kappa shape index (κ3) is 3.14. The highest BCUT2D eigenvalue weighted by atomic mass is 79.9. The number of pyridine rings is 1. The van der Waals surface area contributed by atoms with Crippen molar-refractivity contribution in [3.63, 3.8) is 0 Å². The van der Waals surface area contributed by atoms with Gasteiger partial charge in [0.25, 0.3) is 5.91 Å². The van der Waals surface area contributed by atoms with E-state index in [0.717, 1.165) is 6.07 Å². The molecule has 2 aromatic rings. The van der Waals surface area contributed by atoms with Crippen LogP contribution < -0.4 is 5.32 Å². The maximum atomic E-state index is 13.1. The number of hydrogen-bond acceptors (Lipinski definition) is 3. The SMILES string of the molecule is N#Cc1ccc(NC(=O)c2cc(F)ccc2Br)nc1. The van der Waals surface area contributed by atoms with Gasteiger partial charge in [-0.05, 0) is 46.3 Å². The summed E-state index contributed by atoms with van der Waals surface area (Å²) in [7, 11) is 0. The van der Waals surface area contributed by atoms with Crippen LogP contribution in [0.3, 0.4) is 0 Å². The van der Waals surface area contributed by atoms with Gasteiger partial charge in [-0.25, -0.2) is 9.37 Å². The predicted molar refractivity (Wildman–Crippen MR) is 71.0 cm³/mol. The fourth-order valence-electron chi connectivity index (χ4n) is 1.39. The molecule has 0 saturated carbocycles. The van der Waals surface area contributed by atoms with Gasteiger partial charge in [-0.2, -0.15) is 5.26 Å². The second kappa shape index (κ2) is 5.59. The van der Waals surface area contributed by atoms with E-state index in [2.05, 4.69) is 26.2 Å². The van der Waals surface area contributed by atoms with Crippen molar-refractivity contribution in [1.82, 2.24) is 4.98 Å². The largest absolute Gasteiger partial charge is 0.307 e. The van der Waals surface area contributed by atoms with Crippen LogP contribution in [0.25, 0.3) is 0 Å². The van der Waals surface area contributed by atoms with E-state index >= 15 is 0 Å². The zero-order valence-corrected chi connectivity index (χ0v) is 11.1. The molecule has 0 bridgehead atoms. The number of amides is 1. The van der Waals surface area contributed by atoms with Gasteiger partial charge in [0, 0.05) is 10.7 Å². The number of carbonyl (C=O) groups is 1. The zero-order valence-electron chi connectivity index (χ0n) is 9.52. The van der Waals surface area contributed by atoms with Gasteiger partial charge in [-0.15, -0.1) is 0 Å². The fraction of sp³-hybridized carbons (Fsp3) is 0. The molecule has 6 heteroatoms. The number of nitriles is 1. The number of anilines is 1. The molecule has 0 unspecified atom stereocenters. The number of nitrogens with one attached hydrogen (secondary N) is 1. The molecule has 1 N–H and O–H groups in total. The first-order valence-corrected chi connectivity index (χ1v) is 6.02. The van der Waals surface area contributed by atoms with Crippen molar-refractivity contribution in [2.24, 2.45) is 0 Å². The molecule has 1 aromatic heterocycles. The molecule has 0 atom stereocenters. The lowest BCUT2D eigenvalue weighted by Crippen LogP contribution is -2.13. The van der Waals surface area contributed by atoms with Crippen LogP contribution in [0.4, 0.5) is 10.2 Å². The lowest BCUT2D eigenvalue weighted by molar-refractivity contribution is 0.102. The van der Waals surface area contributed by atoms with E-state index in [1.807, 2.05) is 6.07 Å².